The Labute approximate surface area is 92.1 Å². The van der Waals surface area contributed by atoms with Crippen LogP contribution in [0.25, 0.3) is 0 Å². The van der Waals surface area contributed by atoms with Crippen LogP contribution in [0.3, 0.4) is 0 Å². The Hall–Kier alpha value is -1.02. The summed E-state index contributed by atoms with van der Waals surface area (Å²) in [5.74, 6) is 0. The molecular formula is C13H20N2. The third-order valence-electron chi connectivity index (χ3n) is 3.56. The van der Waals surface area contributed by atoms with E-state index in [1.54, 1.807) is 0 Å². The highest BCUT2D eigenvalue weighted by atomic mass is 15.2. The molecule has 1 unspecified atom stereocenters. The van der Waals surface area contributed by atoms with E-state index in [9.17, 15) is 0 Å². The maximum atomic E-state index is 5.65. The van der Waals surface area contributed by atoms with Gasteiger partial charge >= 0.3 is 0 Å². The second-order valence-corrected chi connectivity index (χ2v) is 4.57. The average Bonchev–Trinajstić information content (AvgIpc) is 2.53. The number of likely N-dealkylation sites (N-methyl/N-ethyl adjacent to an activating group) is 1. The summed E-state index contributed by atoms with van der Waals surface area (Å²) in [4.78, 5) is 2.41. The van der Waals surface area contributed by atoms with Crippen LogP contribution in [-0.4, -0.2) is 19.6 Å². The summed E-state index contributed by atoms with van der Waals surface area (Å²) >= 11 is 0. The number of benzene rings is 1. The normalized spacial score (nSPS) is 19.5. The van der Waals surface area contributed by atoms with Crippen LogP contribution in [0.5, 0.6) is 0 Å². The number of nitrogens with two attached hydrogens (primary N) is 1. The van der Waals surface area contributed by atoms with E-state index in [1.165, 1.54) is 22.4 Å². The molecule has 0 aliphatic carbocycles. The fourth-order valence-electron chi connectivity index (χ4n) is 2.65. The lowest BCUT2D eigenvalue weighted by atomic mass is 10.0. The van der Waals surface area contributed by atoms with Gasteiger partial charge in [0.1, 0.15) is 0 Å². The van der Waals surface area contributed by atoms with Gasteiger partial charge in [0.2, 0.25) is 0 Å². The molecule has 0 amide bonds. The highest BCUT2D eigenvalue weighted by molar-refractivity contribution is 5.66. The number of rotatable bonds is 2. The van der Waals surface area contributed by atoms with Crippen molar-refractivity contribution in [1.82, 2.24) is 0 Å². The van der Waals surface area contributed by atoms with Gasteiger partial charge in [-0.15, -0.1) is 0 Å². The van der Waals surface area contributed by atoms with E-state index in [4.69, 9.17) is 5.73 Å². The van der Waals surface area contributed by atoms with Gasteiger partial charge in [0, 0.05) is 18.8 Å². The Balaban J connectivity index is 2.40. The van der Waals surface area contributed by atoms with Crippen LogP contribution in [0.2, 0.25) is 0 Å². The van der Waals surface area contributed by atoms with Gasteiger partial charge in [0.05, 0.1) is 0 Å². The molecule has 1 aliphatic rings. The number of hydrogen-bond donors (Lipinski definition) is 1. The molecule has 2 heteroatoms. The van der Waals surface area contributed by atoms with Crippen LogP contribution in [0.1, 0.15) is 23.1 Å². The second kappa shape index (κ2) is 3.86. The van der Waals surface area contributed by atoms with Gasteiger partial charge in [-0.05, 0) is 49.9 Å². The molecule has 0 saturated carbocycles. The molecule has 15 heavy (non-hydrogen) atoms. The summed E-state index contributed by atoms with van der Waals surface area (Å²) in [5.41, 5.74) is 11.4. The van der Waals surface area contributed by atoms with E-state index in [-0.39, 0.29) is 0 Å². The monoisotopic (exact) mass is 204 g/mol. The van der Waals surface area contributed by atoms with Gasteiger partial charge in [0.25, 0.3) is 0 Å². The summed E-state index contributed by atoms with van der Waals surface area (Å²) in [6.45, 7) is 5.18. The Bertz CT molecular complexity index is 371. The van der Waals surface area contributed by atoms with Crippen LogP contribution >= 0.6 is 0 Å². The minimum Gasteiger partial charge on any atom is -0.371 e. The summed E-state index contributed by atoms with van der Waals surface area (Å²) < 4.78 is 0. The predicted molar refractivity (Wildman–Crippen MR) is 65.5 cm³/mol. The molecule has 0 aromatic heterocycles. The zero-order valence-electron chi connectivity index (χ0n) is 9.88. The van der Waals surface area contributed by atoms with Crippen molar-refractivity contribution in [3.8, 4) is 0 Å². The number of hydrogen-bond acceptors (Lipinski definition) is 2. The summed E-state index contributed by atoms with van der Waals surface area (Å²) in [6.07, 6.45) is 2.25. The van der Waals surface area contributed by atoms with E-state index >= 15 is 0 Å². The number of fused-ring (bicyclic) bond motifs is 1. The lowest BCUT2D eigenvalue weighted by molar-refractivity contribution is 0.616. The van der Waals surface area contributed by atoms with Crippen molar-refractivity contribution in [2.45, 2.75) is 32.7 Å². The van der Waals surface area contributed by atoms with E-state index < -0.39 is 0 Å². The van der Waals surface area contributed by atoms with Crippen LogP contribution in [-0.2, 0) is 6.42 Å². The van der Waals surface area contributed by atoms with Crippen LogP contribution in [0.4, 0.5) is 5.69 Å². The van der Waals surface area contributed by atoms with Gasteiger partial charge in [-0.1, -0.05) is 12.1 Å². The van der Waals surface area contributed by atoms with Crippen LogP contribution in [0.15, 0.2) is 12.1 Å². The van der Waals surface area contributed by atoms with Crippen molar-refractivity contribution in [2.24, 2.45) is 5.73 Å². The molecule has 0 radical (unpaired) electrons. The first-order valence-corrected chi connectivity index (χ1v) is 5.67. The van der Waals surface area contributed by atoms with Crippen molar-refractivity contribution in [1.29, 1.82) is 0 Å². The van der Waals surface area contributed by atoms with Crippen molar-refractivity contribution < 1.29 is 0 Å². The summed E-state index contributed by atoms with van der Waals surface area (Å²) in [5, 5.41) is 0. The molecule has 2 rings (SSSR count). The topological polar surface area (TPSA) is 29.3 Å². The maximum absolute atomic E-state index is 5.65. The molecule has 1 aromatic rings. The van der Waals surface area contributed by atoms with Gasteiger partial charge in [-0.3, -0.25) is 0 Å². The smallest absolute Gasteiger partial charge is 0.0431 e. The van der Waals surface area contributed by atoms with Crippen molar-refractivity contribution >= 4 is 5.69 Å². The minimum atomic E-state index is 0.602. The third-order valence-corrected chi connectivity index (χ3v) is 3.56. The molecule has 1 heterocycles. The molecule has 0 saturated heterocycles. The molecule has 0 spiro atoms. The molecule has 1 aromatic carbocycles. The highest BCUT2D eigenvalue weighted by Crippen LogP contribution is 2.36. The SMILES string of the molecule is Cc1ccc(C)c2c1CC(CCN)N2C. The number of anilines is 1. The number of aryl methyl sites for hydroxylation is 2. The summed E-state index contributed by atoms with van der Waals surface area (Å²) in [6, 6.07) is 5.05. The zero-order chi connectivity index (χ0) is 11.0. The van der Waals surface area contributed by atoms with Crippen molar-refractivity contribution in [2.75, 3.05) is 18.5 Å². The Morgan fingerprint density at radius 2 is 2.00 bits per heavy atom. The fraction of sp³-hybridized carbons (Fsp3) is 0.538. The largest absolute Gasteiger partial charge is 0.371 e. The first kappa shape index (κ1) is 10.5. The van der Waals surface area contributed by atoms with Gasteiger partial charge in [-0.2, -0.15) is 0 Å². The molecule has 2 nitrogen and oxygen atoms in total. The lowest BCUT2D eigenvalue weighted by Crippen LogP contribution is -2.30. The van der Waals surface area contributed by atoms with Crippen molar-refractivity contribution in [3.05, 3.63) is 28.8 Å². The third kappa shape index (κ3) is 1.63. The van der Waals surface area contributed by atoms with Gasteiger partial charge < -0.3 is 10.6 Å². The van der Waals surface area contributed by atoms with Gasteiger partial charge in [0.15, 0.2) is 0 Å². The standard InChI is InChI=1S/C13H20N2/c1-9-4-5-10(2)13-12(9)8-11(6-7-14)15(13)3/h4-5,11H,6-8,14H2,1-3H3. The molecular weight excluding hydrogens is 184 g/mol. The van der Waals surface area contributed by atoms with E-state index in [2.05, 4.69) is 37.9 Å². The number of nitrogens with zero attached hydrogens (tertiary/aromatic N) is 1. The first-order valence-electron chi connectivity index (χ1n) is 5.67. The Morgan fingerprint density at radius 3 is 2.60 bits per heavy atom. The van der Waals surface area contributed by atoms with Crippen molar-refractivity contribution in [3.63, 3.8) is 0 Å². The fourth-order valence-corrected chi connectivity index (χ4v) is 2.65. The van der Waals surface area contributed by atoms with E-state index in [0.717, 1.165) is 19.4 Å². The Kier molecular flexibility index (Phi) is 2.70. The van der Waals surface area contributed by atoms with Crippen LogP contribution in [0, 0.1) is 13.8 Å². The molecule has 0 fully saturated rings. The highest BCUT2D eigenvalue weighted by Gasteiger charge is 2.27. The molecule has 82 valence electrons. The minimum absolute atomic E-state index is 0.602. The van der Waals surface area contributed by atoms with E-state index in [0.29, 0.717) is 6.04 Å². The summed E-state index contributed by atoms with van der Waals surface area (Å²) in [7, 11) is 2.19. The van der Waals surface area contributed by atoms with Gasteiger partial charge in [-0.25, -0.2) is 0 Å². The lowest BCUT2D eigenvalue weighted by Gasteiger charge is -2.23. The zero-order valence-corrected chi connectivity index (χ0v) is 9.88. The molecule has 0 bridgehead atoms. The van der Waals surface area contributed by atoms with Crippen LogP contribution < -0.4 is 10.6 Å². The first-order chi connectivity index (χ1) is 7.15. The maximum Gasteiger partial charge on any atom is 0.0431 e. The average molecular weight is 204 g/mol. The molecule has 1 aliphatic heterocycles. The molecule has 1 atom stereocenters. The van der Waals surface area contributed by atoms with E-state index in [1.807, 2.05) is 0 Å². The second-order valence-electron chi connectivity index (χ2n) is 4.57. The molecule has 2 N–H and O–H groups in total. The Morgan fingerprint density at radius 1 is 1.33 bits per heavy atom. The quantitative estimate of drug-likeness (QED) is 0.798. The predicted octanol–water partition coefficient (Wildman–Crippen LogP) is 2.01.